The van der Waals surface area contributed by atoms with Crippen LogP contribution in [0.1, 0.15) is 71.6 Å². The number of rotatable bonds is 7. The number of fused-ring (bicyclic) bond motifs is 4. The van der Waals surface area contributed by atoms with Crippen LogP contribution in [-0.2, 0) is 9.47 Å². The van der Waals surface area contributed by atoms with Gasteiger partial charge in [0.2, 0.25) is 0 Å². The van der Waals surface area contributed by atoms with E-state index in [4.69, 9.17) is 4.74 Å². The number of halogens is 4. The maximum atomic E-state index is 14.4. The van der Waals surface area contributed by atoms with Crippen LogP contribution in [0.25, 0.3) is 0 Å². The summed E-state index contributed by atoms with van der Waals surface area (Å²) in [6.45, 7) is 3.96. The van der Waals surface area contributed by atoms with Crippen molar-refractivity contribution in [3.05, 3.63) is 0 Å². The maximum absolute atomic E-state index is 14.4. The Morgan fingerprint density at radius 2 is 1.50 bits per heavy atom. The van der Waals surface area contributed by atoms with Crippen molar-refractivity contribution >= 4 is 0 Å². The molecule has 0 atom stereocenters. The van der Waals surface area contributed by atoms with Crippen LogP contribution in [0.15, 0.2) is 0 Å². The molecule has 6 heteroatoms. The van der Waals surface area contributed by atoms with E-state index >= 15 is 0 Å². The zero-order chi connectivity index (χ0) is 16.5. The molecule has 2 nitrogen and oxygen atoms in total. The molecule has 0 spiro atoms. The van der Waals surface area contributed by atoms with E-state index in [0.29, 0.717) is 12.8 Å². The maximum Gasteiger partial charge on any atom is 0.389 e. The highest BCUT2D eigenvalue weighted by Crippen LogP contribution is 2.62. The molecule has 0 aromatic rings. The molecule has 0 amide bonds. The molecular weight excluding hydrogens is 300 g/mol. The van der Waals surface area contributed by atoms with E-state index in [9.17, 15) is 17.6 Å². The molecule has 2 bridgehead atoms. The van der Waals surface area contributed by atoms with E-state index in [2.05, 4.69) is 4.74 Å². The van der Waals surface area contributed by atoms with Gasteiger partial charge in [-0.3, -0.25) is 4.74 Å². The van der Waals surface area contributed by atoms with Crippen molar-refractivity contribution in [3.8, 4) is 0 Å². The second-order valence-electron chi connectivity index (χ2n) is 6.72. The molecule has 2 heterocycles. The van der Waals surface area contributed by atoms with E-state index in [1.54, 1.807) is 6.92 Å². The van der Waals surface area contributed by atoms with Gasteiger partial charge in [0.1, 0.15) is 0 Å². The normalized spacial score (nSPS) is 36.3. The molecule has 2 aliphatic heterocycles. The fraction of sp³-hybridized carbons (Fsp3) is 1.00. The van der Waals surface area contributed by atoms with Crippen LogP contribution in [0.3, 0.4) is 0 Å². The van der Waals surface area contributed by atoms with E-state index in [-0.39, 0.29) is 38.7 Å². The average Bonchev–Trinajstić information content (AvgIpc) is 2.53. The summed E-state index contributed by atoms with van der Waals surface area (Å²) in [4.78, 5) is 0. The molecule has 1 saturated carbocycles. The Morgan fingerprint density at radius 3 is 2.05 bits per heavy atom. The second-order valence-corrected chi connectivity index (χ2v) is 6.72. The first-order chi connectivity index (χ1) is 10.2. The van der Waals surface area contributed by atoms with Gasteiger partial charge in [-0.1, -0.05) is 33.1 Å². The SMILES string of the molecule is CCCCCOC12CCC(CCC)(CC1)C(F)(F)OC2(F)F. The van der Waals surface area contributed by atoms with Crippen molar-refractivity contribution in [3.63, 3.8) is 0 Å². The van der Waals surface area contributed by atoms with Gasteiger partial charge in [-0.25, -0.2) is 0 Å². The third kappa shape index (κ3) is 2.88. The molecule has 2 saturated heterocycles. The lowest BCUT2D eigenvalue weighted by molar-refractivity contribution is -0.427. The Hall–Kier alpha value is -0.360. The van der Waals surface area contributed by atoms with Gasteiger partial charge < -0.3 is 4.74 Å². The largest absolute Gasteiger partial charge is 0.389 e. The van der Waals surface area contributed by atoms with Crippen molar-refractivity contribution in [1.29, 1.82) is 0 Å². The lowest BCUT2D eigenvalue weighted by atomic mass is 9.66. The van der Waals surface area contributed by atoms with Gasteiger partial charge in [-0.05, 0) is 38.5 Å². The minimum absolute atomic E-state index is 0.0250. The third-order valence-corrected chi connectivity index (χ3v) is 5.27. The zero-order valence-electron chi connectivity index (χ0n) is 13.4. The van der Waals surface area contributed by atoms with Gasteiger partial charge in [-0.15, -0.1) is 0 Å². The monoisotopic (exact) mass is 326 g/mol. The van der Waals surface area contributed by atoms with Crippen LogP contribution < -0.4 is 0 Å². The van der Waals surface area contributed by atoms with Crippen molar-refractivity contribution in [2.75, 3.05) is 6.61 Å². The van der Waals surface area contributed by atoms with Gasteiger partial charge in [0.15, 0.2) is 5.60 Å². The lowest BCUT2D eigenvalue weighted by Crippen LogP contribution is -2.52. The Morgan fingerprint density at radius 1 is 0.864 bits per heavy atom. The molecule has 22 heavy (non-hydrogen) atoms. The number of ether oxygens (including phenoxy) is 2. The molecule has 130 valence electrons. The number of unbranched alkanes of at least 4 members (excludes halogenated alkanes) is 2. The van der Waals surface area contributed by atoms with Crippen LogP contribution in [0.2, 0.25) is 0 Å². The van der Waals surface area contributed by atoms with Crippen molar-refractivity contribution < 1.29 is 27.0 Å². The van der Waals surface area contributed by atoms with Gasteiger partial charge in [0.05, 0.1) is 5.41 Å². The Kier molecular flexibility index (Phi) is 5.12. The molecule has 1 aliphatic carbocycles. The number of hydrogen-bond acceptors (Lipinski definition) is 2. The fourth-order valence-corrected chi connectivity index (χ4v) is 3.80. The summed E-state index contributed by atoms with van der Waals surface area (Å²) in [5.74, 6) is 0. The van der Waals surface area contributed by atoms with Gasteiger partial charge in [0, 0.05) is 6.61 Å². The van der Waals surface area contributed by atoms with Crippen LogP contribution in [0.4, 0.5) is 17.6 Å². The summed E-state index contributed by atoms with van der Waals surface area (Å²) < 4.78 is 67.1. The minimum atomic E-state index is -3.95. The lowest BCUT2D eigenvalue weighted by Gasteiger charge is -2.43. The summed E-state index contributed by atoms with van der Waals surface area (Å²) in [7, 11) is 0. The summed E-state index contributed by atoms with van der Waals surface area (Å²) in [5, 5.41) is 0. The van der Waals surface area contributed by atoms with Crippen molar-refractivity contribution in [1.82, 2.24) is 0 Å². The highest BCUT2D eigenvalue weighted by molar-refractivity contribution is 5.05. The number of alkyl halides is 4. The summed E-state index contributed by atoms with van der Waals surface area (Å²) in [6.07, 6.45) is -4.65. The Balaban J connectivity index is 2.21. The van der Waals surface area contributed by atoms with E-state index in [1.165, 1.54) is 0 Å². The van der Waals surface area contributed by atoms with Gasteiger partial charge in [-0.2, -0.15) is 17.6 Å². The first kappa shape index (κ1) is 18.0. The molecule has 3 rings (SSSR count). The Labute approximate surface area is 129 Å². The highest BCUT2D eigenvalue weighted by Gasteiger charge is 2.72. The van der Waals surface area contributed by atoms with Gasteiger partial charge in [0.25, 0.3) is 0 Å². The summed E-state index contributed by atoms with van der Waals surface area (Å²) in [6, 6.07) is 0. The highest BCUT2D eigenvalue weighted by atomic mass is 19.3. The molecular formula is C16H26F4O2. The average molecular weight is 326 g/mol. The quantitative estimate of drug-likeness (QED) is 0.454. The first-order valence-corrected chi connectivity index (χ1v) is 8.34. The van der Waals surface area contributed by atoms with Crippen molar-refractivity contribution in [2.24, 2.45) is 5.41 Å². The molecule has 0 aromatic carbocycles. The summed E-state index contributed by atoms with van der Waals surface area (Å²) >= 11 is 0. The standard InChI is InChI=1S/C16H26F4O2/c1-3-5-6-12-21-14-10-8-13(7-4-2,9-11-14)15(17,18)22-16(14,19)20/h3-12H2,1-2H3. The summed E-state index contributed by atoms with van der Waals surface area (Å²) in [5.41, 5.74) is -3.37. The molecule has 0 unspecified atom stereocenters. The van der Waals surface area contributed by atoms with Crippen molar-refractivity contribution in [2.45, 2.75) is 89.5 Å². The van der Waals surface area contributed by atoms with Crippen LogP contribution in [0, 0.1) is 5.41 Å². The fourth-order valence-electron chi connectivity index (χ4n) is 3.80. The van der Waals surface area contributed by atoms with Crippen LogP contribution in [0.5, 0.6) is 0 Å². The van der Waals surface area contributed by atoms with Crippen LogP contribution >= 0.6 is 0 Å². The first-order valence-electron chi connectivity index (χ1n) is 8.34. The molecule has 0 radical (unpaired) electrons. The molecule has 3 aliphatic rings. The van der Waals surface area contributed by atoms with E-state index in [0.717, 1.165) is 12.8 Å². The minimum Gasteiger partial charge on any atom is -0.366 e. The zero-order valence-corrected chi connectivity index (χ0v) is 13.4. The number of hydrogen-bond donors (Lipinski definition) is 0. The second kappa shape index (κ2) is 6.27. The van der Waals surface area contributed by atoms with E-state index in [1.807, 2.05) is 6.92 Å². The van der Waals surface area contributed by atoms with E-state index < -0.39 is 23.2 Å². The smallest absolute Gasteiger partial charge is 0.366 e. The predicted molar refractivity (Wildman–Crippen MR) is 75.0 cm³/mol. The topological polar surface area (TPSA) is 18.5 Å². The van der Waals surface area contributed by atoms with Crippen LogP contribution in [-0.4, -0.2) is 24.4 Å². The third-order valence-electron chi connectivity index (χ3n) is 5.27. The molecule has 0 aromatic heterocycles. The Bertz CT molecular complexity index is 376. The predicted octanol–water partition coefficient (Wildman–Crippen LogP) is 5.51. The van der Waals surface area contributed by atoms with Gasteiger partial charge >= 0.3 is 12.2 Å². The molecule has 3 fully saturated rings. The molecule has 0 N–H and O–H groups in total.